The van der Waals surface area contributed by atoms with Crippen molar-refractivity contribution >= 4 is 15.9 Å². The lowest BCUT2D eigenvalue weighted by molar-refractivity contribution is -0.0723. The van der Waals surface area contributed by atoms with Crippen molar-refractivity contribution in [3.8, 4) is 0 Å². The monoisotopic (exact) mass is 342 g/mol. The molecule has 1 atom stereocenters. The van der Waals surface area contributed by atoms with Crippen LogP contribution in [0.15, 0.2) is 22.9 Å². The highest BCUT2D eigenvalue weighted by Gasteiger charge is 2.37. The summed E-state index contributed by atoms with van der Waals surface area (Å²) in [6, 6.07) is 4.54. The molecule has 5 heteroatoms. The van der Waals surface area contributed by atoms with E-state index < -0.39 is 0 Å². The Morgan fingerprint density at radius 3 is 2.55 bits per heavy atom. The minimum absolute atomic E-state index is 0.197. The van der Waals surface area contributed by atoms with E-state index in [1.54, 1.807) is 14.2 Å². The second-order valence-corrected chi connectivity index (χ2v) is 6.22. The maximum Gasteiger partial charge on any atom is 0.106 e. The summed E-state index contributed by atoms with van der Waals surface area (Å²) < 4.78 is 12.0. The number of halogens is 1. The average Bonchev–Trinajstić information content (AvgIpc) is 2.48. The molecular weight excluding hydrogens is 320 g/mol. The van der Waals surface area contributed by atoms with Crippen molar-refractivity contribution in [3.63, 3.8) is 0 Å². The molecule has 1 aromatic heterocycles. The van der Waals surface area contributed by atoms with Crippen molar-refractivity contribution < 1.29 is 9.47 Å². The minimum atomic E-state index is -0.197. The van der Waals surface area contributed by atoms with Crippen molar-refractivity contribution in [2.45, 2.75) is 31.4 Å². The lowest BCUT2D eigenvalue weighted by Gasteiger charge is -2.43. The van der Waals surface area contributed by atoms with Crippen molar-refractivity contribution in [3.05, 3.63) is 28.5 Å². The Morgan fingerprint density at radius 2 is 2.05 bits per heavy atom. The largest absolute Gasteiger partial charge is 0.383 e. The quantitative estimate of drug-likeness (QED) is 0.770. The van der Waals surface area contributed by atoms with Gasteiger partial charge in [-0.2, -0.15) is 0 Å². The standard InChI is InChI=1S/C15H23BrN2O2/c1-12(11-19-2)18-8-6-15(20-3,7-9-18)13-4-5-14(16)17-10-13/h4-5,10,12H,6-9,11H2,1-3H3/t12-/m1/s1. The van der Waals surface area contributed by atoms with Gasteiger partial charge in [-0.05, 0) is 41.8 Å². The van der Waals surface area contributed by atoms with Crippen LogP contribution in [0.3, 0.4) is 0 Å². The maximum atomic E-state index is 5.88. The molecule has 0 bridgehead atoms. The highest BCUT2D eigenvalue weighted by molar-refractivity contribution is 9.10. The van der Waals surface area contributed by atoms with Crippen molar-refractivity contribution in [2.75, 3.05) is 33.9 Å². The number of methoxy groups -OCH3 is 2. The van der Waals surface area contributed by atoms with Gasteiger partial charge in [0.15, 0.2) is 0 Å². The van der Waals surface area contributed by atoms with Gasteiger partial charge in [-0.15, -0.1) is 0 Å². The minimum Gasteiger partial charge on any atom is -0.383 e. The summed E-state index contributed by atoms with van der Waals surface area (Å²) in [4.78, 5) is 6.80. The highest BCUT2D eigenvalue weighted by atomic mass is 79.9. The predicted molar refractivity (Wildman–Crippen MR) is 82.8 cm³/mol. The van der Waals surface area contributed by atoms with Crippen LogP contribution in [0.5, 0.6) is 0 Å². The number of aromatic nitrogens is 1. The van der Waals surface area contributed by atoms with E-state index in [0.717, 1.165) is 37.1 Å². The van der Waals surface area contributed by atoms with Gasteiger partial charge in [0.2, 0.25) is 0 Å². The van der Waals surface area contributed by atoms with Gasteiger partial charge < -0.3 is 9.47 Å². The predicted octanol–water partition coefficient (Wildman–Crippen LogP) is 2.82. The Balaban J connectivity index is 2.06. The van der Waals surface area contributed by atoms with Crippen LogP contribution >= 0.6 is 15.9 Å². The second kappa shape index (κ2) is 6.98. The third-order valence-electron chi connectivity index (χ3n) is 4.28. The van der Waals surface area contributed by atoms with E-state index in [9.17, 15) is 0 Å². The molecule has 0 amide bonds. The maximum absolute atomic E-state index is 5.88. The van der Waals surface area contributed by atoms with Gasteiger partial charge in [0.25, 0.3) is 0 Å². The Kier molecular flexibility index (Phi) is 5.55. The normalized spacial score (nSPS) is 20.8. The lowest BCUT2D eigenvalue weighted by atomic mass is 9.84. The topological polar surface area (TPSA) is 34.6 Å². The van der Waals surface area contributed by atoms with Crippen LogP contribution in [-0.4, -0.2) is 49.8 Å². The van der Waals surface area contributed by atoms with Crippen molar-refractivity contribution in [1.29, 1.82) is 0 Å². The highest BCUT2D eigenvalue weighted by Crippen LogP contribution is 2.36. The molecule has 1 aromatic rings. The van der Waals surface area contributed by atoms with E-state index in [-0.39, 0.29) is 5.60 Å². The third-order valence-corrected chi connectivity index (χ3v) is 4.75. The summed E-state index contributed by atoms with van der Waals surface area (Å²) in [5, 5.41) is 0. The van der Waals surface area contributed by atoms with Gasteiger partial charge >= 0.3 is 0 Å². The van der Waals surface area contributed by atoms with Crippen molar-refractivity contribution in [2.24, 2.45) is 0 Å². The summed E-state index contributed by atoms with van der Waals surface area (Å²) in [7, 11) is 3.56. The SMILES string of the molecule is COC[C@@H](C)N1CCC(OC)(c2ccc(Br)nc2)CC1. The van der Waals surface area contributed by atoms with Gasteiger partial charge in [0, 0.05) is 45.1 Å². The molecule has 1 aliphatic rings. The van der Waals surface area contributed by atoms with Crippen LogP contribution in [0, 0.1) is 0 Å². The Labute approximate surface area is 129 Å². The lowest BCUT2D eigenvalue weighted by Crippen LogP contribution is -2.48. The average molecular weight is 343 g/mol. The number of hydrogen-bond acceptors (Lipinski definition) is 4. The number of rotatable bonds is 5. The summed E-state index contributed by atoms with van der Waals surface area (Å²) in [6.45, 7) is 5.03. The number of hydrogen-bond donors (Lipinski definition) is 0. The number of ether oxygens (including phenoxy) is 2. The third kappa shape index (κ3) is 3.39. The molecule has 2 heterocycles. The molecule has 0 unspecified atom stereocenters. The van der Waals surface area contributed by atoms with E-state index >= 15 is 0 Å². The molecule has 0 aromatic carbocycles. The first-order valence-corrected chi connectivity index (χ1v) is 7.81. The van der Waals surface area contributed by atoms with Crippen LogP contribution in [0.1, 0.15) is 25.3 Å². The Bertz CT molecular complexity index is 416. The number of pyridine rings is 1. The molecule has 0 spiro atoms. The van der Waals surface area contributed by atoms with E-state index in [0.29, 0.717) is 6.04 Å². The van der Waals surface area contributed by atoms with Crippen LogP contribution in [-0.2, 0) is 15.1 Å². The molecule has 1 fully saturated rings. The fourth-order valence-corrected chi connectivity index (χ4v) is 3.16. The molecule has 0 N–H and O–H groups in total. The number of nitrogens with zero attached hydrogens (tertiary/aromatic N) is 2. The first-order valence-electron chi connectivity index (χ1n) is 7.01. The molecule has 2 rings (SSSR count). The Morgan fingerprint density at radius 1 is 1.35 bits per heavy atom. The zero-order valence-electron chi connectivity index (χ0n) is 12.4. The molecule has 0 saturated carbocycles. The van der Waals surface area contributed by atoms with Gasteiger partial charge in [-0.25, -0.2) is 4.98 Å². The fourth-order valence-electron chi connectivity index (χ4n) is 2.93. The van der Waals surface area contributed by atoms with Gasteiger partial charge in [-0.1, -0.05) is 6.07 Å². The van der Waals surface area contributed by atoms with E-state index in [2.05, 4.69) is 38.8 Å². The summed E-state index contributed by atoms with van der Waals surface area (Å²) in [6.07, 6.45) is 3.89. The smallest absolute Gasteiger partial charge is 0.106 e. The summed E-state index contributed by atoms with van der Waals surface area (Å²) in [5.41, 5.74) is 0.971. The summed E-state index contributed by atoms with van der Waals surface area (Å²) >= 11 is 3.38. The fraction of sp³-hybridized carbons (Fsp3) is 0.667. The molecule has 112 valence electrons. The molecule has 0 radical (unpaired) electrons. The molecule has 1 saturated heterocycles. The van der Waals surface area contributed by atoms with Gasteiger partial charge in [-0.3, -0.25) is 4.90 Å². The van der Waals surface area contributed by atoms with Crippen molar-refractivity contribution in [1.82, 2.24) is 9.88 Å². The van der Waals surface area contributed by atoms with Crippen LogP contribution < -0.4 is 0 Å². The number of piperidine rings is 1. The van der Waals surface area contributed by atoms with Crippen LogP contribution in [0.2, 0.25) is 0 Å². The zero-order chi connectivity index (χ0) is 14.6. The second-order valence-electron chi connectivity index (χ2n) is 5.41. The van der Waals surface area contributed by atoms with Gasteiger partial charge in [0.1, 0.15) is 4.60 Å². The van der Waals surface area contributed by atoms with E-state index in [1.807, 2.05) is 12.3 Å². The van der Waals surface area contributed by atoms with E-state index in [1.165, 1.54) is 5.56 Å². The first-order chi connectivity index (χ1) is 9.61. The van der Waals surface area contributed by atoms with Crippen LogP contribution in [0.4, 0.5) is 0 Å². The van der Waals surface area contributed by atoms with Crippen LogP contribution in [0.25, 0.3) is 0 Å². The zero-order valence-corrected chi connectivity index (χ0v) is 14.0. The number of likely N-dealkylation sites (tertiary alicyclic amines) is 1. The molecule has 4 nitrogen and oxygen atoms in total. The molecule has 1 aliphatic heterocycles. The molecule has 0 aliphatic carbocycles. The first kappa shape index (κ1) is 15.9. The molecule has 20 heavy (non-hydrogen) atoms. The van der Waals surface area contributed by atoms with Gasteiger partial charge in [0.05, 0.1) is 12.2 Å². The summed E-state index contributed by atoms with van der Waals surface area (Å²) in [5.74, 6) is 0. The Hall–Kier alpha value is -0.490. The molecular formula is C15H23BrN2O2. The van der Waals surface area contributed by atoms with E-state index in [4.69, 9.17) is 9.47 Å².